The predicted octanol–water partition coefficient (Wildman–Crippen LogP) is 2.18. The molecule has 1 heterocycles. The summed E-state index contributed by atoms with van der Waals surface area (Å²) in [4.78, 5) is 4.54. The first-order chi connectivity index (χ1) is 8.70. The van der Waals surface area contributed by atoms with Gasteiger partial charge in [-0.3, -0.25) is 0 Å². The van der Waals surface area contributed by atoms with Gasteiger partial charge in [-0.1, -0.05) is 19.0 Å². The normalized spacial score (nSPS) is 18.0. The van der Waals surface area contributed by atoms with Crippen LogP contribution in [0.2, 0.25) is 0 Å². The van der Waals surface area contributed by atoms with E-state index in [9.17, 15) is 0 Å². The van der Waals surface area contributed by atoms with E-state index in [4.69, 9.17) is 15.0 Å². The third-order valence-corrected chi connectivity index (χ3v) is 4.20. The van der Waals surface area contributed by atoms with Crippen molar-refractivity contribution in [2.24, 2.45) is 11.7 Å². The van der Waals surface area contributed by atoms with E-state index >= 15 is 0 Å². The maximum atomic E-state index is 5.89. The van der Waals surface area contributed by atoms with Gasteiger partial charge in [0.25, 0.3) is 0 Å². The lowest BCUT2D eigenvalue weighted by molar-refractivity contribution is 0.0751. The van der Waals surface area contributed by atoms with Gasteiger partial charge in [-0.25, -0.2) is 0 Å². The Kier molecular flexibility index (Phi) is 4.02. The summed E-state index contributed by atoms with van der Waals surface area (Å²) in [5, 5.41) is 4.09. The lowest BCUT2D eigenvalue weighted by Gasteiger charge is -2.25. The third-order valence-electron chi connectivity index (χ3n) is 4.20. The van der Waals surface area contributed by atoms with Gasteiger partial charge in [0, 0.05) is 13.7 Å². The smallest absolute Gasteiger partial charge is 0.234 e. The Morgan fingerprint density at radius 2 is 2.11 bits per heavy atom. The fourth-order valence-electron chi connectivity index (χ4n) is 2.40. The number of hydrogen-bond acceptors (Lipinski definition) is 5. The molecule has 0 spiro atoms. The highest BCUT2D eigenvalue weighted by molar-refractivity contribution is 5.08. The van der Waals surface area contributed by atoms with Gasteiger partial charge in [0.05, 0.1) is 5.41 Å². The van der Waals surface area contributed by atoms with Crippen molar-refractivity contribution in [2.75, 3.05) is 13.7 Å². The van der Waals surface area contributed by atoms with Crippen molar-refractivity contribution in [1.82, 2.24) is 10.1 Å². The molecule has 1 aliphatic rings. The van der Waals surface area contributed by atoms with Crippen molar-refractivity contribution in [1.29, 1.82) is 0 Å². The number of aromatic nitrogens is 2. The highest BCUT2D eigenvalue weighted by Gasteiger charge is 2.38. The van der Waals surface area contributed by atoms with Crippen molar-refractivity contribution in [3.8, 4) is 0 Å². The van der Waals surface area contributed by atoms with Crippen molar-refractivity contribution in [3.05, 3.63) is 11.7 Å². The van der Waals surface area contributed by atoms with Crippen LogP contribution in [0.25, 0.3) is 0 Å². The van der Waals surface area contributed by atoms with Gasteiger partial charge in [0.2, 0.25) is 11.7 Å². The molecule has 1 atom stereocenters. The lowest BCUT2D eigenvalue weighted by Crippen LogP contribution is -2.34. The zero-order valence-electron chi connectivity index (χ0n) is 11.5. The maximum absolute atomic E-state index is 5.89. The Labute approximate surface area is 108 Å². The zero-order chi connectivity index (χ0) is 13.2. The standard InChI is InChI=1S/C13H23N3O2/c1-4-13(5-2,8-14)12-15-11(16-18-12)10(17-3)9-6-7-9/h9-10H,4-8,14H2,1-3H3. The first-order valence-electron chi connectivity index (χ1n) is 6.77. The number of methoxy groups -OCH3 is 1. The largest absolute Gasteiger partial charge is 0.373 e. The molecule has 5 heteroatoms. The van der Waals surface area contributed by atoms with Crippen molar-refractivity contribution >= 4 is 0 Å². The van der Waals surface area contributed by atoms with Crippen LogP contribution in [0, 0.1) is 5.92 Å². The van der Waals surface area contributed by atoms with E-state index in [1.807, 2.05) is 0 Å². The molecule has 102 valence electrons. The second-order valence-corrected chi connectivity index (χ2v) is 5.14. The fraction of sp³-hybridized carbons (Fsp3) is 0.846. The molecule has 0 bridgehead atoms. The quantitative estimate of drug-likeness (QED) is 0.806. The number of hydrogen-bond donors (Lipinski definition) is 1. The number of nitrogens with two attached hydrogens (primary N) is 1. The molecule has 2 N–H and O–H groups in total. The van der Waals surface area contributed by atoms with Crippen LogP contribution in [-0.2, 0) is 10.2 Å². The van der Waals surface area contributed by atoms with Crippen LogP contribution in [0.5, 0.6) is 0 Å². The minimum atomic E-state index is -0.187. The van der Waals surface area contributed by atoms with Crippen molar-refractivity contribution < 1.29 is 9.26 Å². The minimum absolute atomic E-state index is 0.0216. The van der Waals surface area contributed by atoms with E-state index in [1.165, 1.54) is 12.8 Å². The summed E-state index contributed by atoms with van der Waals surface area (Å²) in [5.74, 6) is 1.89. The van der Waals surface area contributed by atoms with E-state index in [-0.39, 0.29) is 11.5 Å². The lowest BCUT2D eigenvalue weighted by atomic mass is 9.82. The highest BCUT2D eigenvalue weighted by Crippen LogP contribution is 2.42. The summed E-state index contributed by atoms with van der Waals surface area (Å²) < 4.78 is 10.9. The molecule has 5 nitrogen and oxygen atoms in total. The molecule has 0 aromatic carbocycles. The highest BCUT2D eigenvalue weighted by atomic mass is 16.5. The van der Waals surface area contributed by atoms with Gasteiger partial charge in [0.1, 0.15) is 6.10 Å². The van der Waals surface area contributed by atoms with Gasteiger partial charge in [-0.05, 0) is 31.6 Å². The van der Waals surface area contributed by atoms with Crippen LogP contribution >= 0.6 is 0 Å². The summed E-state index contributed by atoms with van der Waals surface area (Å²) in [5.41, 5.74) is 5.70. The number of ether oxygens (including phenoxy) is 1. The molecular formula is C13H23N3O2. The van der Waals surface area contributed by atoms with E-state index < -0.39 is 0 Å². The molecule has 0 aliphatic heterocycles. The summed E-state index contributed by atoms with van der Waals surface area (Å²) in [7, 11) is 1.70. The predicted molar refractivity (Wildman–Crippen MR) is 68.1 cm³/mol. The third kappa shape index (κ3) is 2.29. The van der Waals surface area contributed by atoms with Gasteiger partial charge >= 0.3 is 0 Å². The van der Waals surface area contributed by atoms with Crippen LogP contribution in [0.4, 0.5) is 0 Å². The van der Waals surface area contributed by atoms with Crippen LogP contribution in [0.3, 0.4) is 0 Å². The number of nitrogens with zero attached hydrogens (tertiary/aromatic N) is 2. The van der Waals surface area contributed by atoms with E-state index in [2.05, 4.69) is 24.0 Å². The topological polar surface area (TPSA) is 74.2 Å². The molecule has 1 fully saturated rings. The molecular weight excluding hydrogens is 230 g/mol. The SMILES string of the molecule is CCC(CC)(CN)c1nc(C(OC)C2CC2)no1. The van der Waals surface area contributed by atoms with Crippen molar-refractivity contribution in [2.45, 2.75) is 51.0 Å². The van der Waals surface area contributed by atoms with Gasteiger partial charge in [0.15, 0.2) is 0 Å². The molecule has 2 rings (SSSR count). The molecule has 1 aromatic heterocycles. The van der Waals surface area contributed by atoms with Gasteiger partial charge < -0.3 is 15.0 Å². The Hall–Kier alpha value is -0.940. The second-order valence-electron chi connectivity index (χ2n) is 5.14. The Morgan fingerprint density at radius 3 is 2.56 bits per heavy atom. The first kappa shape index (κ1) is 13.5. The summed E-state index contributed by atoms with van der Waals surface area (Å²) in [6.07, 6.45) is 4.16. The molecule has 18 heavy (non-hydrogen) atoms. The molecule has 1 saturated carbocycles. The van der Waals surface area contributed by atoms with Crippen LogP contribution in [-0.4, -0.2) is 23.8 Å². The molecule has 0 amide bonds. The van der Waals surface area contributed by atoms with E-state index in [0.717, 1.165) is 12.8 Å². The first-order valence-corrected chi connectivity index (χ1v) is 6.77. The van der Waals surface area contributed by atoms with E-state index in [1.54, 1.807) is 7.11 Å². The summed E-state index contributed by atoms with van der Waals surface area (Å²) in [6.45, 7) is 4.74. The minimum Gasteiger partial charge on any atom is -0.373 e. The summed E-state index contributed by atoms with van der Waals surface area (Å²) >= 11 is 0. The van der Waals surface area contributed by atoms with E-state index in [0.29, 0.717) is 24.2 Å². The Balaban J connectivity index is 2.22. The Morgan fingerprint density at radius 1 is 1.44 bits per heavy atom. The molecule has 1 aliphatic carbocycles. The molecule has 1 unspecified atom stereocenters. The van der Waals surface area contributed by atoms with Crippen LogP contribution in [0.15, 0.2) is 4.52 Å². The number of rotatable bonds is 7. The molecule has 1 aromatic rings. The van der Waals surface area contributed by atoms with Crippen LogP contribution in [0.1, 0.15) is 57.3 Å². The fourth-order valence-corrected chi connectivity index (χ4v) is 2.40. The molecule has 0 radical (unpaired) electrons. The summed E-state index contributed by atoms with van der Waals surface area (Å²) in [6, 6.07) is 0. The monoisotopic (exact) mass is 253 g/mol. The van der Waals surface area contributed by atoms with Crippen LogP contribution < -0.4 is 5.73 Å². The average Bonchev–Trinajstić information content (AvgIpc) is 3.12. The Bertz CT molecular complexity index is 375. The molecule has 0 saturated heterocycles. The van der Waals surface area contributed by atoms with Crippen molar-refractivity contribution in [3.63, 3.8) is 0 Å². The van der Waals surface area contributed by atoms with Gasteiger partial charge in [-0.2, -0.15) is 4.98 Å². The zero-order valence-corrected chi connectivity index (χ0v) is 11.5. The maximum Gasteiger partial charge on any atom is 0.234 e. The second kappa shape index (κ2) is 5.36. The van der Waals surface area contributed by atoms with Gasteiger partial charge in [-0.15, -0.1) is 0 Å². The average molecular weight is 253 g/mol.